The Bertz CT molecular complexity index is 3290. The van der Waals surface area contributed by atoms with Crippen molar-refractivity contribution in [3.05, 3.63) is 212 Å². The molecule has 272 valence electrons. The smallest absolute Gasteiger partial charge is 0.181 e. The minimum Gasteiger partial charge on any atom is -0.455 e. The van der Waals surface area contributed by atoms with Crippen LogP contribution < -0.4 is 25.6 Å². The van der Waals surface area contributed by atoms with Crippen molar-refractivity contribution in [1.82, 2.24) is 0 Å². The third-order valence-electron chi connectivity index (χ3n) is 12.2. The summed E-state index contributed by atoms with van der Waals surface area (Å²) in [6, 6.07) is 78.2. The largest absolute Gasteiger partial charge is 0.455 e. The van der Waals surface area contributed by atoms with Gasteiger partial charge in [0.2, 0.25) is 0 Å². The second-order valence-electron chi connectivity index (χ2n) is 15.2. The van der Waals surface area contributed by atoms with Gasteiger partial charge in [-0.15, -0.1) is 11.3 Å². The zero-order valence-electron chi connectivity index (χ0n) is 31.5. The van der Waals surface area contributed by atoms with E-state index in [1.165, 1.54) is 63.2 Å². The molecular weight excluding hydrogens is 739 g/mol. The number of furan rings is 1. The molecule has 1 aliphatic rings. The summed E-state index contributed by atoms with van der Waals surface area (Å²) in [7, 11) is -2.85. The normalized spacial score (nSPS) is 13.0. The number of anilines is 3. The molecule has 2 aromatic heterocycles. The van der Waals surface area contributed by atoms with Crippen LogP contribution in [0, 0.1) is 0 Å². The third-order valence-corrected chi connectivity index (χ3v) is 18.1. The first kappa shape index (κ1) is 33.2. The lowest BCUT2D eigenvalue weighted by atomic mass is 10.0. The van der Waals surface area contributed by atoms with Crippen LogP contribution in [0.4, 0.5) is 17.1 Å². The van der Waals surface area contributed by atoms with Crippen LogP contribution in [0.1, 0.15) is 0 Å². The molecule has 0 unspecified atom stereocenters. The molecule has 0 N–H and O–H groups in total. The number of para-hydroxylation sites is 2. The molecule has 0 fully saturated rings. The predicted molar refractivity (Wildman–Crippen MR) is 249 cm³/mol. The molecule has 0 atom stereocenters. The Labute approximate surface area is 341 Å². The lowest BCUT2D eigenvalue weighted by molar-refractivity contribution is 0.670. The molecule has 0 bridgehead atoms. The average Bonchev–Trinajstić information content (AvgIpc) is 3.96. The van der Waals surface area contributed by atoms with Crippen LogP contribution in [-0.2, 0) is 0 Å². The Balaban J connectivity index is 1.07. The summed E-state index contributed by atoms with van der Waals surface area (Å²) < 4.78 is 9.48. The lowest BCUT2D eigenvalue weighted by Gasteiger charge is -2.32. The second-order valence-corrected chi connectivity index (χ2v) is 20.0. The van der Waals surface area contributed by atoms with Gasteiger partial charge >= 0.3 is 0 Å². The second kappa shape index (κ2) is 13.0. The molecule has 2 nitrogen and oxygen atoms in total. The lowest BCUT2D eigenvalue weighted by Crippen LogP contribution is -2.72. The van der Waals surface area contributed by atoms with Crippen LogP contribution >= 0.6 is 11.3 Å². The fourth-order valence-corrected chi connectivity index (χ4v) is 15.9. The molecule has 0 spiro atoms. The molecule has 1 aliphatic heterocycles. The van der Waals surface area contributed by atoms with Crippen molar-refractivity contribution in [2.75, 3.05) is 4.90 Å². The Morgan fingerprint density at radius 3 is 1.74 bits per heavy atom. The SMILES string of the molecule is c1ccc(N(c2ccc(-c3ccc4c(c3)sc3ccccc34)cc2)c2ccc3c(c2)[Si](c2ccccc2)(c2ccccc2)c2ccc4c(oc5ccccc54)c2-3)cc1. The molecule has 3 heterocycles. The molecule has 11 aromatic rings. The minimum atomic E-state index is -2.85. The van der Waals surface area contributed by atoms with Crippen molar-refractivity contribution < 1.29 is 4.42 Å². The van der Waals surface area contributed by atoms with Crippen LogP contribution in [0.5, 0.6) is 0 Å². The van der Waals surface area contributed by atoms with Crippen molar-refractivity contribution in [1.29, 1.82) is 0 Å². The van der Waals surface area contributed by atoms with Crippen LogP contribution in [-0.4, -0.2) is 8.07 Å². The van der Waals surface area contributed by atoms with Gasteiger partial charge in [0.1, 0.15) is 11.2 Å². The Morgan fingerprint density at radius 2 is 0.983 bits per heavy atom. The van der Waals surface area contributed by atoms with E-state index in [1.807, 2.05) is 11.3 Å². The van der Waals surface area contributed by atoms with E-state index in [2.05, 4.69) is 217 Å². The van der Waals surface area contributed by atoms with Crippen LogP contribution in [0.3, 0.4) is 0 Å². The third kappa shape index (κ3) is 4.89. The molecule has 0 amide bonds. The Morgan fingerprint density at radius 1 is 0.397 bits per heavy atom. The molecular formula is C54H35NOSSi. The van der Waals surface area contributed by atoms with Gasteiger partial charge in [-0.25, -0.2) is 0 Å². The summed E-state index contributed by atoms with van der Waals surface area (Å²) in [4.78, 5) is 2.41. The standard InChI is InChI=1S/C54H35NOSSi/c1-4-14-38(15-5-1)55(39-27-24-36(25-28-39)37-26-30-45-44-21-11-13-23-49(44)57-50(45)34-37)40-29-31-47-52(35-40)58(41-16-6-2-7-17-41,42-18-8-3-9-19-42)51-33-32-46-43-20-10-12-22-48(43)56-54(46)53(47)51/h1-35H. The van der Waals surface area contributed by atoms with E-state index in [-0.39, 0.29) is 0 Å². The van der Waals surface area contributed by atoms with Gasteiger partial charge in [0, 0.05) is 53.6 Å². The van der Waals surface area contributed by atoms with Gasteiger partial charge in [-0.1, -0.05) is 158 Å². The number of benzene rings is 9. The van der Waals surface area contributed by atoms with Gasteiger partial charge in [-0.2, -0.15) is 0 Å². The topological polar surface area (TPSA) is 16.4 Å². The highest BCUT2D eigenvalue weighted by atomic mass is 32.1. The number of rotatable bonds is 6. The molecule has 0 aliphatic carbocycles. The molecule has 0 saturated carbocycles. The number of hydrogen-bond donors (Lipinski definition) is 0. The van der Waals surface area contributed by atoms with Gasteiger partial charge in [0.25, 0.3) is 0 Å². The molecule has 0 radical (unpaired) electrons. The fraction of sp³-hybridized carbons (Fsp3) is 0. The van der Waals surface area contributed by atoms with Gasteiger partial charge in [0.05, 0.1) is 0 Å². The summed E-state index contributed by atoms with van der Waals surface area (Å²) in [5.74, 6) is 0. The summed E-state index contributed by atoms with van der Waals surface area (Å²) >= 11 is 1.87. The van der Waals surface area contributed by atoms with Crippen LogP contribution in [0.15, 0.2) is 217 Å². The van der Waals surface area contributed by atoms with E-state index in [0.29, 0.717) is 0 Å². The first-order valence-electron chi connectivity index (χ1n) is 19.8. The van der Waals surface area contributed by atoms with Gasteiger partial charge in [-0.3, -0.25) is 0 Å². The molecule has 9 aromatic carbocycles. The van der Waals surface area contributed by atoms with E-state index in [4.69, 9.17) is 4.42 Å². The minimum absolute atomic E-state index is 0.921. The Hall–Kier alpha value is -6.98. The quantitative estimate of drug-likeness (QED) is 0.157. The van der Waals surface area contributed by atoms with Crippen molar-refractivity contribution in [2.24, 2.45) is 0 Å². The van der Waals surface area contributed by atoms with Crippen molar-refractivity contribution in [3.8, 4) is 22.3 Å². The maximum absolute atomic E-state index is 6.83. The van der Waals surface area contributed by atoms with Crippen LogP contribution in [0.2, 0.25) is 0 Å². The van der Waals surface area contributed by atoms with E-state index in [9.17, 15) is 0 Å². The Kier molecular flexibility index (Phi) is 7.46. The number of nitrogens with zero attached hydrogens (tertiary/aromatic N) is 1. The van der Waals surface area contributed by atoms with Crippen molar-refractivity contribution in [2.45, 2.75) is 0 Å². The number of hydrogen-bond acceptors (Lipinski definition) is 3. The van der Waals surface area contributed by atoms with E-state index >= 15 is 0 Å². The zero-order valence-corrected chi connectivity index (χ0v) is 33.3. The highest BCUT2D eigenvalue weighted by Crippen LogP contribution is 2.43. The summed E-state index contributed by atoms with van der Waals surface area (Å²) in [5, 5.41) is 10.4. The first-order chi connectivity index (χ1) is 28.8. The number of thiophene rings is 1. The predicted octanol–water partition coefficient (Wildman–Crippen LogP) is 12.4. The average molecular weight is 774 g/mol. The maximum atomic E-state index is 6.83. The van der Waals surface area contributed by atoms with E-state index in [0.717, 1.165) is 39.0 Å². The van der Waals surface area contributed by atoms with Gasteiger partial charge < -0.3 is 9.32 Å². The molecule has 12 rings (SSSR count). The molecule has 0 saturated heterocycles. The summed E-state index contributed by atoms with van der Waals surface area (Å²) in [6.07, 6.45) is 0. The maximum Gasteiger partial charge on any atom is 0.181 e. The van der Waals surface area contributed by atoms with E-state index in [1.54, 1.807) is 0 Å². The number of fused-ring (bicyclic) bond motifs is 10. The van der Waals surface area contributed by atoms with Gasteiger partial charge in [-0.05, 0) is 92.0 Å². The zero-order chi connectivity index (χ0) is 38.2. The van der Waals surface area contributed by atoms with Crippen molar-refractivity contribution in [3.63, 3.8) is 0 Å². The molecule has 58 heavy (non-hydrogen) atoms. The summed E-state index contributed by atoms with van der Waals surface area (Å²) in [6.45, 7) is 0. The van der Waals surface area contributed by atoms with Crippen molar-refractivity contribution >= 4 is 99.3 Å². The fourth-order valence-electron chi connectivity index (χ4n) is 9.61. The first-order valence-corrected chi connectivity index (χ1v) is 22.6. The molecule has 4 heteroatoms. The van der Waals surface area contributed by atoms with E-state index < -0.39 is 8.07 Å². The monoisotopic (exact) mass is 773 g/mol. The van der Waals surface area contributed by atoms with Crippen LogP contribution in [0.25, 0.3) is 64.4 Å². The highest BCUT2D eigenvalue weighted by Gasteiger charge is 2.50. The van der Waals surface area contributed by atoms with Gasteiger partial charge in [0.15, 0.2) is 8.07 Å². The highest BCUT2D eigenvalue weighted by molar-refractivity contribution is 7.26. The summed E-state index contributed by atoms with van der Waals surface area (Å²) in [5.41, 5.74) is 10.2.